The average Bonchev–Trinajstić information content (AvgIpc) is 1.97. The molecule has 0 amide bonds. The van der Waals surface area contributed by atoms with Gasteiger partial charge in [0.15, 0.2) is 0 Å². The fraction of sp³-hybridized carbons (Fsp3) is 1.00. The van der Waals surface area contributed by atoms with Gasteiger partial charge in [0.05, 0.1) is 7.11 Å². The van der Waals surface area contributed by atoms with Crippen molar-refractivity contribution < 1.29 is 19.6 Å². The molecule has 0 radical (unpaired) electrons. The summed E-state index contributed by atoms with van der Waals surface area (Å²) in [6.45, 7) is 0.0597. The molecule has 0 heterocycles. The van der Waals surface area contributed by atoms with Gasteiger partial charge in [-0.25, -0.2) is 0 Å². The number of nitrogens with two attached hydrogens (primary N) is 1. The molecule has 8 nitrogen and oxygen atoms in total. The lowest BCUT2D eigenvalue weighted by Gasteiger charge is -2.03. The van der Waals surface area contributed by atoms with Crippen molar-refractivity contribution in [1.29, 1.82) is 0 Å². The van der Waals surface area contributed by atoms with Crippen molar-refractivity contribution in [3.05, 3.63) is 0 Å². The monoisotopic (exact) mass is 154 g/mol. The van der Waals surface area contributed by atoms with Crippen LogP contribution in [-0.2, 0) is 19.6 Å². The highest BCUT2D eigenvalue weighted by molar-refractivity contribution is 3.98. The molecule has 0 saturated heterocycles. The minimum atomic E-state index is 0.0597. The SMILES string of the molecule is CONOCNONON. The lowest BCUT2D eigenvalue weighted by molar-refractivity contribution is -0.245. The lowest BCUT2D eigenvalue weighted by atomic mass is 11.4. The van der Waals surface area contributed by atoms with Crippen LogP contribution in [0.25, 0.3) is 0 Å². The fourth-order valence-electron chi connectivity index (χ4n) is 0.201. The fourth-order valence-corrected chi connectivity index (χ4v) is 0.201. The van der Waals surface area contributed by atoms with Gasteiger partial charge in [0.2, 0.25) is 0 Å². The summed E-state index contributed by atoms with van der Waals surface area (Å²) >= 11 is 0. The van der Waals surface area contributed by atoms with Crippen LogP contribution in [0.2, 0.25) is 0 Å². The van der Waals surface area contributed by atoms with Crippen LogP contribution in [0.3, 0.4) is 0 Å². The van der Waals surface area contributed by atoms with Gasteiger partial charge in [-0.15, -0.1) is 0 Å². The molecule has 0 rings (SSSR count). The Balaban J connectivity index is 2.65. The van der Waals surface area contributed by atoms with Crippen molar-refractivity contribution >= 4 is 0 Å². The second-order valence-electron chi connectivity index (χ2n) is 1.02. The first-order chi connectivity index (χ1) is 4.91. The maximum atomic E-state index is 4.51. The largest absolute Gasteiger partial charge is 0.280 e. The molecule has 0 spiro atoms. The van der Waals surface area contributed by atoms with Crippen LogP contribution in [0.5, 0.6) is 0 Å². The first-order valence-corrected chi connectivity index (χ1v) is 2.31. The molecule has 0 unspecified atom stereocenters. The normalized spacial score (nSPS) is 10.2. The van der Waals surface area contributed by atoms with Crippen LogP contribution in [0.15, 0.2) is 0 Å². The second kappa shape index (κ2) is 8.68. The zero-order valence-electron chi connectivity index (χ0n) is 5.42. The van der Waals surface area contributed by atoms with E-state index in [1.54, 1.807) is 0 Å². The Labute approximate surface area is 57.3 Å². The molecule has 0 aromatic heterocycles. The molecule has 0 saturated carbocycles. The summed E-state index contributed by atoms with van der Waals surface area (Å²) in [7, 11) is 1.40. The molecule has 0 atom stereocenters. The first kappa shape index (κ1) is 9.68. The summed E-state index contributed by atoms with van der Waals surface area (Å²) in [6.07, 6.45) is 0. The van der Waals surface area contributed by atoms with Gasteiger partial charge in [-0.3, -0.25) is 9.68 Å². The van der Waals surface area contributed by atoms with Gasteiger partial charge in [-0.2, -0.15) is 21.3 Å². The van der Waals surface area contributed by atoms with Gasteiger partial charge in [-0.1, -0.05) is 5.64 Å². The molecular weight excluding hydrogens is 144 g/mol. The van der Waals surface area contributed by atoms with Gasteiger partial charge in [0, 0.05) is 0 Å². The molecular formula is C2H10N4O4. The Hall–Kier alpha value is -0.320. The van der Waals surface area contributed by atoms with E-state index in [2.05, 4.69) is 36.6 Å². The van der Waals surface area contributed by atoms with Crippen molar-refractivity contribution in [3.63, 3.8) is 0 Å². The molecule has 8 heteroatoms. The van der Waals surface area contributed by atoms with Gasteiger partial charge in [0.25, 0.3) is 0 Å². The molecule has 5 N–H and O–H groups in total. The molecule has 62 valence electrons. The highest BCUT2D eigenvalue weighted by Gasteiger charge is 1.83. The van der Waals surface area contributed by atoms with Crippen LogP contribution in [0.4, 0.5) is 0 Å². The molecule has 0 fully saturated rings. The molecule has 10 heavy (non-hydrogen) atoms. The standard InChI is InChI=1S/C2H10N4O4/c1-7-5-8-2-4-10-6-9-3/h4-6H,2-3H2,1H3. The summed E-state index contributed by atoms with van der Waals surface area (Å²) in [5.74, 6) is 4.51. The maximum Gasteiger partial charge on any atom is 0.145 e. The van der Waals surface area contributed by atoms with Crippen LogP contribution in [-0.4, -0.2) is 13.8 Å². The summed E-state index contributed by atoms with van der Waals surface area (Å²) in [6, 6.07) is 0. The second-order valence-corrected chi connectivity index (χ2v) is 1.02. The Bertz CT molecular complexity index is 55.2. The molecule has 0 aromatic rings. The van der Waals surface area contributed by atoms with Crippen molar-refractivity contribution in [2.24, 2.45) is 5.90 Å². The number of hydroxylamine groups is 1. The van der Waals surface area contributed by atoms with Crippen LogP contribution < -0.4 is 22.7 Å². The summed E-state index contributed by atoms with van der Waals surface area (Å²) in [5.41, 5.74) is 6.17. The number of nitrogens with one attached hydrogen (secondary N) is 3. The van der Waals surface area contributed by atoms with Crippen molar-refractivity contribution in [2.45, 2.75) is 0 Å². The number of rotatable bonds is 7. The third-order valence-electron chi connectivity index (χ3n) is 0.435. The molecule has 0 bridgehead atoms. The summed E-state index contributed by atoms with van der Waals surface area (Å²) in [5, 5.41) is 0. The van der Waals surface area contributed by atoms with E-state index in [1.807, 2.05) is 5.64 Å². The van der Waals surface area contributed by atoms with Gasteiger partial charge < -0.3 is 0 Å². The Morgan fingerprint density at radius 1 is 1.40 bits per heavy atom. The Morgan fingerprint density at radius 2 is 2.20 bits per heavy atom. The summed E-state index contributed by atoms with van der Waals surface area (Å²) < 4.78 is 0. The topological polar surface area (TPSA) is 99.0 Å². The quantitative estimate of drug-likeness (QED) is 0.187. The van der Waals surface area contributed by atoms with Crippen molar-refractivity contribution in [1.82, 2.24) is 16.8 Å². The van der Waals surface area contributed by atoms with Crippen LogP contribution in [0, 0.1) is 0 Å². The maximum absolute atomic E-state index is 4.51. The minimum absolute atomic E-state index is 0.0597. The number of hydrogen-bond acceptors (Lipinski definition) is 8. The van der Waals surface area contributed by atoms with E-state index in [0.717, 1.165) is 0 Å². The van der Waals surface area contributed by atoms with E-state index in [9.17, 15) is 0 Å². The van der Waals surface area contributed by atoms with Gasteiger partial charge >= 0.3 is 0 Å². The van der Waals surface area contributed by atoms with Crippen LogP contribution >= 0.6 is 0 Å². The van der Waals surface area contributed by atoms with E-state index in [0.29, 0.717) is 0 Å². The smallest absolute Gasteiger partial charge is 0.145 e. The summed E-state index contributed by atoms with van der Waals surface area (Å²) in [4.78, 5) is 16.9. The highest BCUT2D eigenvalue weighted by Crippen LogP contribution is 1.60. The third kappa shape index (κ3) is 7.68. The van der Waals surface area contributed by atoms with E-state index < -0.39 is 0 Å². The third-order valence-corrected chi connectivity index (χ3v) is 0.435. The Kier molecular flexibility index (Phi) is 8.40. The zero-order chi connectivity index (χ0) is 7.66. The van der Waals surface area contributed by atoms with E-state index >= 15 is 0 Å². The van der Waals surface area contributed by atoms with Gasteiger partial charge in [-0.05, 0) is 5.64 Å². The molecule has 0 aromatic carbocycles. The van der Waals surface area contributed by atoms with E-state index in [-0.39, 0.29) is 6.73 Å². The van der Waals surface area contributed by atoms with E-state index in [1.165, 1.54) is 7.11 Å². The lowest BCUT2D eigenvalue weighted by Crippen LogP contribution is -2.31. The number of hydrogen-bond donors (Lipinski definition) is 4. The van der Waals surface area contributed by atoms with Crippen molar-refractivity contribution in [2.75, 3.05) is 13.8 Å². The first-order valence-electron chi connectivity index (χ1n) is 2.31. The predicted molar refractivity (Wildman–Crippen MR) is 28.7 cm³/mol. The van der Waals surface area contributed by atoms with E-state index in [4.69, 9.17) is 0 Å². The van der Waals surface area contributed by atoms with Crippen LogP contribution in [0.1, 0.15) is 0 Å². The highest BCUT2D eigenvalue weighted by atomic mass is 17.0. The molecule has 0 aliphatic rings. The van der Waals surface area contributed by atoms with Gasteiger partial charge in [0.1, 0.15) is 6.73 Å². The predicted octanol–water partition coefficient (Wildman–Crippen LogP) is -2.14. The average molecular weight is 154 g/mol. The molecule has 0 aliphatic heterocycles. The van der Waals surface area contributed by atoms with Crippen molar-refractivity contribution in [3.8, 4) is 0 Å². The molecule has 0 aliphatic carbocycles. The zero-order valence-corrected chi connectivity index (χ0v) is 5.42. The Morgan fingerprint density at radius 3 is 2.80 bits per heavy atom. The minimum Gasteiger partial charge on any atom is -0.280 e.